The highest BCUT2D eigenvalue weighted by Gasteiger charge is 2.16. The minimum atomic E-state index is -0.867. The average molecular weight is 354 g/mol. The van der Waals surface area contributed by atoms with Crippen LogP contribution >= 0.6 is 0 Å². The van der Waals surface area contributed by atoms with Crippen LogP contribution in [-0.2, 0) is 13.1 Å². The molecule has 0 atom stereocenters. The fourth-order valence-corrected chi connectivity index (χ4v) is 3.39. The summed E-state index contributed by atoms with van der Waals surface area (Å²) < 4.78 is 5.22. The van der Waals surface area contributed by atoms with Gasteiger partial charge in [-0.1, -0.05) is 24.3 Å². The Labute approximate surface area is 154 Å². The first-order valence-corrected chi connectivity index (χ1v) is 9.04. The SMILES string of the molecule is COc1ccc(CN2CCCN(Cc3cccc(C(=O)O)c3)CC2)cc1. The molecule has 1 saturated heterocycles. The summed E-state index contributed by atoms with van der Waals surface area (Å²) in [6.07, 6.45) is 1.12. The summed E-state index contributed by atoms with van der Waals surface area (Å²) in [7, 11) is 1.69. The van der Waals surface area contributed by atoms with Crippen molar-refractivity contribution in [2.24, 2.45) is 0 Å². The summed E-state index contributed by atoms with van der Waals surface area (Å²) in [5.41, 5.74) is 2.72. The molecular weight excluding hydrogens is 328 g/mol. The van der Waals surface area contributed by atoms with Crippen molar-refractivity contribution < 1.29 is 14.6 Å². The lowest BCUT2D eigenvalue weighted by molar-refractivity contribution is 0.0696. The van der Waals surface area contributed by atoms with Crippen molar-refractivity contribution in [3.8, 4) is 5.75 Å². The third kappa shape index (κ3) is 5.07. The van der Waals surface area contributed by atoms with E-state index in [2.05, 4.69) is 21.9 Å². The van der Waals surface area contributed by atoms with E-state index in [0.29, 0.717) is 5.56 Å². The molecule has 3 rings (SSSR count). The highest BCUT2D eigenvalue weighted by atomic mass is 16.5. The van der Waals surface area contributed by atoms with Gasteiger partial charge in [-0.2, -0.15) is 0 Å². The third-order valence-corrected chi connectivity index (χ3v) is 4.83. The normalized spacial score (nSPS) is 16.2. The summed E-state index contributed by atoms with van der Waals surface area (Å²) in [5.74, 6) is 0.0211. The van der Waals surface area contributed by atoms with Gasteiger partial charge in [0.2, 0.25) is 0 Å². The number of benzene rings is 2. The number of aromatic carboxylic acids is 1. The van der Waals surface area contributed by atoms with E-state index in [1.807, 2.05) is 24.3 Å². The molecule has 26 heavy (non-hydrogen) atoms. The van der Waals surface area contributed by atoms with Crippen LogP contribution in [0, 0.1) is 0 Å². The van der Waals surface area contributed by atoms with Crippen LogP contribution < -0.4 is 4.74 Å². The first-order chi connectivity index (χ1) is 12.6. The average Bonchev–Trinajstić information content (AvgIpc) is 2.88. The Morgan fingerprint density at radius 1 is 0.962 bits per heavy atom. The van der Waals surface area contributed by atoms with Crippen LogP contribution in [0.5, 0.6) is 5.75 Å². The number of carboxylic acids is 1. The second-order valence-electron chi connectivity index (χ2n) is 6.76. The maximum absolute atomic E-state index is 11.1. The van der Waals surface area contributed by atoms with E-state index in [1.165, 1.54) is 5.56 Å². The Morgan fingerprint density at radius 3 is 2.23 bits per heavy atom. The van der Waals surface area contributed by atoms with Crippen LogP contribution in [0.4, 0.5) is 0 Å². The minimum Gasteiger partial charge on any atom is -0.497 e. The van der Waals surface area contributed by atoms with E-state index in [0.717, 1.165) is 57.0 Å². The fourth-order valence-electron chi connectivity index (χ4n) is 3.39. The van der Waals surface area contributed by atoms with Crippen molar-refractivity contribution in [2.45, 2.75) is 19.5 Å². The summed E-state index contributed by atoms with van der Waals surface area (Å²) in [6, 6.07) is 15.5. The first kappa shape index (κ1) is 18.4. The molecule has 5 heteroatoms. The number of ether oxygens (including phenoxy) is 1. The zero-order valence-corrected chi connectivity index (χ0v) is 15.2. The second kappa shape index (κ2) is 8.83. The van der Waals surface area contributed by atoms with Crippen LogP contribution in [0.1, 0.15) is 27.9 Å². The van der Waals surface area contributed by atoms with Gasteiger partial charge in [0, 0.05) is 26.2 Å². The lowest BCUT2D eigenvalue weighted by atomic mass is 10.1. The Hall–Kier alpha value is -2.37. The molecule has 1 N–H and O–H groups in total. The Kier molecular flexibility index (Phi) is 6.26. The molecule has 0 bridgehead atoms. The molecule has 0 spiro atoms. The fraction of sp³-hybridized carbons (Fsp3) is 0.381. The Bertz CT molecular complexity index is 730. The number of rotatable bonds is 6. The number of nitrogens with zero attached hydrogens (tertiary/aromatic N) is 2. The molecule has 1 heterocycles. The van der Waals surface area contributed by atoms with Gasteiger partial charge in [0.15, 0.2) is 0 Å². The lowest BCUT2D eigenvalue weighted by Gasteiger charge is -2.22. The topological polar surface area (TPSA) is 53.0 Å². The van der Waals surface area contributed by atoms with E-state index in [-0.39, 0.29) is 0 Å². The number of methoxy groups -OCH3 is 1. The van der Waals surface area contributed by atoms with Gasteiger partial charge in [0.25, 0.3) is 0 Å². The van der Waals surface area contributed by atoms with Gasteiger partial charge in [0.1, 0.15) is 5.75 Å². The van der Waals surface area contributed by atoms with Gasteiger partial charge in [-0.3, -0.25) is 9.80 Å². The van der Waals surface area contributed by atoms with E-state index < -0.39 is 5.97 Å². The summed E-state index contributed by atoms with van der Waals surface area (Å²) in [4.78, 5) is 16.0. The molecule has 2 aromatic rings. The molecule has 1 aliphatic rings. The molecule has 138 valence electrons. The molecule has 0 amide bonds. The third-order valence-electron chi connectivity index (χ3n) is 4.83. The highest BCUT2D eigenvalue weighted by Crippen LogP contribution is 2.15. The van der Waals surface area contributed by atoms with Gasteiger partial charge < -0.3 is 9.84 Å². The number of carbonyl (C=O) groups is 1. The molecule has 0 aromatic heterocycles. The minimum absolute atomic E-state index is 0.360. The van der Waals surface area contributed by atoms with Crippen LogP contribution in [0.2, 0.25) is 0 Å². The highest BCUT2D eigenvalue weighted by molar-refractivity contribution is 5.87. The quantitative estimate of drug-likeness (QED) is 0.864. The van der Waals surface area contributed by atoms with Crippen molar-refractivity contribution in [3.05, 3.63) is 65.2 Å². The largest absolute Gasteiger partial charge is 0.497 e. The van der Waals surface area contributed by atoms with E-state index in [1.54, 1.807) is 19.2 Å². The predicted molar refractivity (Wildman–Crippen MR) is 102 cm³/mol. The van der Waals surface area contributed by atoms with E-state index in [4.69, 9.17) is 9.84 Å². The maximum Gasteiger partial charge on any atom is 0.335 e. The molecular formula is C21H26N2O3. The summed E-state index contributed by atoms with van der Waals surface area (Å²) >= 11 is 0. The standard InChI is InChI=1S/C21H26N2O3/c1-26-20-8-6-17(7-9-20)15-22-10-3-11-23(13-12-22)16-18-4-2-5-19(14-18)21(24)25/h2,4-9,14H,3,10-13,15-16H2,1H3,(H,24,25). The summed E-state index contributed by atoms with van der Waals surface area (Å²) in [5, 5.41) is 9.14. The van der Waals surface area contributed by atoms with Gasteiger partial charge in [-0.05, 0) is 54.9 Å². The van der Waals surface area contributed by atoms with Gasteiger partial charge in [-0.25, -0.2) is 4.79 Å². The van der Waals surface area contributed by atoms with Crippen molar-refractivity contribution in [3.63, 3.8) is 0 Å². The van der Waals surface area contributed by atoms with Crippen molar-refractivity contribution >= 4 is 5.97 Å². The molecule has 1 aliphatic heterocycles. The molecule has 0 radical (unpaired) electrons. The van der Waals surface area contributed by atoms with Gasteiger partial charge in [-0.15, -0.1) is 0 Å². The van der Waals surface area contributed by atoms with Gasteiger partial charge in [0.05, 0.1) is 12.7 Å². The van der Waals surface area contributed by atoms with Crippen molar-refractivity contribution in [1.29, 1.82) is 0 Å². The molecule has 0 aliphatic carbocycles. The van der Waals surface area contributed by atoms with Crippen LogP contribution in [0.15, 0.2) is 48.5 Å². The van der Waals surface area contributed by atoms with Crippen LogP contribution in [0.3, 0.4) is 0 Å². The van der Waals surface area contributed by atoms with Crippen molar-refractivity contribution in [1.82, 2.24) is 9.80 Å². The van der Waals surface area contributed by atoms with Crippen LogP contribution in [0.25, 0.3) is 0 Å². The number of hydrogen-bond donors (Lipinski definition) is 1. The molecule has 1 fully saturated rings. The molecule has 2 aromatic carbocycles. The smallest absolute Gasteiger partial charge is 0.335 e. The zero-order chi connectivity index (χ0) is 18.4. The van der Waals surface area contributed by atoms with E-state index in [9.17, 15) is 4.79 Å². The van der Waals surface area contributed by atoms with Crippen LogP contribution in [-0.4, -0.2) is 54.2 Å². The molecule has 0 unspecified atom stereocenters. The monoisotopic (exact) mass is 354 g/mol. The molecule has 5 nitrogen and oxygen atoms in total. The number of hydrogen-bond acceptors (Lipinski definition) is 4. The van der Waals surface area contributed by atoms with E-state index >= 15 is 0 Å². The Morgan fingerprint density at radius 2 is 1.62 bits per heavy atom. The number of carboxylic acid groups (broad SMARTS) is 1. The summed E-state index contributed by atoms with van der Waals surface area (Å²) in [6.45, 7) is 5.88. The molecule has 0 saturated carbocycles. The van der Waals surface area contributed by atoms with Crippen molar-refractivity contribution in [2.75, 3.05) is 33.3 Å². The predicted octanol–water partition coefficient (Wildman–Crippen LogP) is 3.10. The lowest BCUT2D eigenvalue weighted by Crippen LogP contribution is -2.30. The Balaban J connectivity index is 1.54. The first-order valence-electron chi connectivity index (χ1n) is 9.04. The van der Waals surface area contributed by atoms with Gasteiger partial charge >= 0.3 is 5.97 Å². The zero-order valence-electron chi connectivity index (χ0n) is 15.2. The second-order valence-corrected chi connectivity index (χ2v) is 6.76. The maximum atomic E-state index is 11.1.